The maximum atomic E-state index is 12.3. The van der Waals surface area contributed by atoms with E-state index in [2.05, 4.69) is 26.2 Å². The summed E-state index contributed by atoms with van der Waals surface area (Å²) in [7, 11) is 1.60. The Kier molecular flexibility index (Phi) is 6.08. The first-order chi connectivity index (χ1) is 13.0. The summed E-state index contributed by atoms with van der Waals surface area (Å²) in [4.78, 5) is 17.1. The second kappa shape index (κ2) is 8.49. The molecule has 1 heterocycles. The Bertz CT molecular complexity index is 926. The largest absolute Gasteiger partial charge is 0.504 e. The van der Waals surface area contributed by atoms with Gasteiger partial charge in [-0.1, -0.05) is 15.9 Å². The van der Waals surface area contributed by atoms with Crippen molar-refractivity contribution in [1.82, 2.24) is 5.32 Å². The lowest BCUT2D eigenvalue weighted by Gasteiger charge is -2.09. The third-order valence-electron chi connectivity index (χ3n) is 3.61. The lowest BCUT2D eigenvalue weighted by atomic mass is 10.1. The van der Waals surface area contributed by atoms with Crippen LogP contribution in [0.1, 0.15) is 12.5 Å². The highest BCUT2D eigenvalue weighted by Gasteiger charge is 2.24. The minimum atomic E-state index is -0.274. The lowest BCUT2D eigenvalue weighted by molar-refractivity contribution is -0.115. The van der Waals surface area contributed by atoms with Crippen LogP contribution in [0.3, 0.4) is 0 Å². The number of aliphatic imine (C=N–C) groups is 1. The van der Waals surface area contributed by atoms with Gasteiger partial charge in [0.1, 0.15) is 5.75 Å². The fraction of sp³-hybridized carbons (Fsp3) is 0.158. The van der Waals surface area contributed by atoms with Gasteiger partial charge in [-0.15, -0.1) is 0 Å². The second-order valence-electron chi connectivity index (χ2n) is 5.45. The third kappa shape index (κ3) is 4.64. The smallest absolute Gasteiger partial charge is 0.264 e. The summed E-state index contributed by atoms with van der Waals surface area (Å²) < 4.78 is 11.3. The van der Waals surface area contributed by atoms with E-state index in [0.29, 0.717) is 33.7 Å². The van der Waals surface area contributed by atoms with Gasteiger partial charge in [-0.05, 0) is 61.2 Å². The molecule has 0 spiro atoms. The Morgan fingerprint density at radius 2 is 2.04 bits per heavy atom. The molecule has 0 saturated carbocycles. The number of ether oxygens (including phenoxy) is 2. The molecule has 0 aliphatic carbocycles. The molecule has 3 rings (SSSR count). The topological polar surface area (TPSA) is 80.2 Å². The van der Waals surface area contributed by atoms with Crippen LogP contribution < -0.4 is 14.8 Å². The van der Waals surface area contributed by atoms with Crippen LogP contribution in [0.25, 0.3) is 6.08 Å². The zero-order valence-electron chi connectivity index (χ0n) is 14.7. The Morgan fingerprint density at radius 1 is 1.30 bits per heavy atom. The van der Waals surface area contributed by atoms with Crippen LogP contribution in [-0.2, 0) is 4.79 Å². The van der Waals surface area contributed by atoms with Crippen molar-refractivity contribution in [2.45, 2.75) is 6.92 Å². The number of nitrogens with zero attached hydrogens (tertiary/aromatic N) is 1. The summed E-state index contributed by atoms with van der Waals surface area (Å²) in [5, 5.41) is 13.6. The first-order valence-electron chi connectivity index (χ1n) is 8.09. The van der Waals surface area contributed by atoms with Gasteiger partial charge in [0.25, 0.3) is 5.91 Å². The summed E-state index contributed by atoms with van der Waals surface area (Å²) in [6.07, 6.45) is 1.61. The van der Waals surface area contributed by atoms with Crippen molar-refractivity contribution >= 4 is 50.5 Å². The van der Waals surface area contributed by atoms with Crippen LogP contribution in [0.4, 0.5) is 5.69 Å². The number of aromatic hydroxyl groups is 1. The number of phenols is 1. The predicted octanol–water partition coefficient (Wildman–Crippen LogP) is 4.45. The van der Waals surface area contributed by atoms with Crippen molar-refractivity contribution in [2.24, 2.45) is 4.99 Å². The molecule has 2 aromatic carbocycles. The molecule has 1 aliphatic heterocycles. The number of benzene rings is 2. The maximum Gasteiger partial charge on any atom is 0.264 e. The maximum absolute atomic E-state index is 12.3. The third-order valence-corrected chi connectivity index (χ3v) is 4.98. The summed E-state index contributed by atoms with van der Waals surface area (Å²) in [6.45, 7) is 2.26. The number of thioether (sulfide) groups is 1. The van der Waals surface area contributed by atoms with Crippen LogP contribution >= 0.6 is 27.7 Å². The number of halogens is 1. The fourth-order valence-corrected chi connectivity index (χ4v) is 3.65. The molecule has 1 saturated heterocycles. The normalized spacial score (nSPS) is 16.6. The van der Waals surface area contributed by atoms with Gasteiger partial charge in [0, 0.05) is 10.0 Å². The van der Waals surface area contributed by atoms with Crippen LogP contribution in [-0.4, -0.2) is 29.9 Å². The fourth-order valence-electron chi connectivity index (χ4n) is 2.37. The van der Waals surface area contributed by atoms with E-state index in [1.165, 1.54) is 11.8 Å². The van der Waals surface area contributed by atoms with E-state index >= 15 is 0 Å². The Morgan fingerprint density at radius 3 is 2.70 bits per heavy atom. The molecule has 2 aromatic rings. The summed E-state index contributed by atoms with van der Waals surface area (Å²) in [5.41, 5.74) is 1.18. The first-order valence-corrected chi connectivity index (χ1v) is 9.70. The average molecular weight is 449 g/mol. The molecule has 0 atom stereocenters. The Labute approximate surface area is 169 Å². The van der Waals surface area contributed by atoms with Crippen LogP contribution in [0.15, 0.2) is 50.8 Å². The molecule has 0 aromatic heterocycles. The van der Waals surface area contributed by atoms with Gasteiger partial charge in [0.15, 0.2) is 16.7 Å². The molecule has 6 nitrogen and oxygen atoms in total. The minimum Gasteiger partial charge on any atom is -0.504 e. The van der Waals surface area contributed by atoms with E-state index in [1.807, 2.05) is 6.92 Å². The van der Waals surface area contributed by atoms with E-state index in [-0.39, 0.29) is 11.7 Å². The standard InChI is InChI=1S/C19H17BrN2O4S/c1-3-26-15-10-12(20)8-11(17(15)23)9-16-18(24)22-19(27-16)21-13-4-6-14(25-2)7-5-13/h4-10,23H,3H2,1-2H3,(H,21,22,24)/b16-9+. The highest BCUT2D eigenvalue weighted by Crippen LogP contribution is 2.37. The SMILES string of the molecule is CCOc1cc(Br)cc(/C=C2/SC(=Nc3ccc(OC)cc3)NC2=O)c1O. The minimum absolute atomic E-state index is 0.0125. The van der Waals surface area contributed by atoms with Crippen molar-refractivity contribution in [3.8, 4) is 17.2 Å². The number of rotatable bonds is 5. The zero-order chi connectivity index (χ0) is 19.4. The van der Waals surface area contributed by atoms with Gasteiger partial charge >= 0.3 is 0 Å². The monoisotopic (exact) mass is 448 g/mol. The number of hydrogen-bond acceptors (Lipinski definition) is 6. The van der Waals surface area contributed by atoms with Crippen LogP contribution in [0, 0.1) is 0 Å². The van der Waals surface area contributed by atoms with Crippen molar-refractivity contribution in [3.63, 3.8) is 0 Å². The molecular weight excluding hydrogens is 432 g/mol. The molecule has 27 heavy (non-hydrogen) atoms. The molecule has 1 amide bonds. The molecular formula is C19H17BrN2O4S. The quantitative estimate of drug-likeness (QED) is 0.660. The number of carbonyl (C=O) groups is 1. The molecule has 0 unspecified atom stereocenters. The van der Waals surface area contributed by atoms with Crippen molar-refractivity contribution < 1.29 is 19.4 Å². The molecule has 8 heteroatoms. The first kappa shape index (κ1) is 19.3. The van der Waals surface area contributed by atoms with E-state index < -0.39 is 0 Å². The van der Waals surface area contributed by atoms with E-state index in [4.69, 9.17) is 9.47 Å². The zero-order valence-corrected chi connectivity index (χ0v) is 17.1. The highest BCUT2D eigenvalue weighted by atomic mass is 79.9. The number of amidine groups is 1. The molecule has 0 bridgehead atoms. The molecule has 2 N–H and O–H groups in total. The van der Waals surface area contributed by atoms with E-state index in [0.717, 1.165) is 10.2 Å². The molecule has 0 radical (unpaired) electrons. The molecule has 140 valence electrons. The van der Waals surface area contributed by atoms with Crippen LogP contribution in [0.2, 0.25) is 0 Å². The van der Waals surface area contributed by atoms with Gasteiger partial charge in [-0.2, -0.15) is 0 Å². The van der Waals surface area contributed by atoms with Gasteiger partial charge < -0.3 is 19.9 Å². The molecule has 1 aliphatic rings. The van der Waals surface area contributed by atoms with Crippen molar-refractivity contribution in [3.05, 3.63) is 51.3 Å². The number of carbonyl (C=O) groups excluding carboxylic acids is 1. The second-order valence-corrected chi connectivity index (χ2v) is 7.40. The Balaban J connectivity index is 1.86. The van der Waals surface area contributed by atoms with Crippen molar-refractivity contribution in [1.29, 1.82) is 0 Å². The molecule has 1 fully saturated rings. The predicted molar refractivity (Wildman–Crippen MR) is 111 cm³/mol. The number of hydrogen-bond donors (Lipinski definition) is 2. The van der Waals surface area contributed by atoms with Gasteiger partial charge in [0.05, 0.1) is 24.3 Å². The van der Waals surface area contributed by atoms with Gasteiger partial charge in [-0.25, -0.2) is 4.99 Å². The van der Waals surface area contributed by atoms with Gasteiger partial charge in [-0.3, -0.25) is 4.79 Å². The van der Waals surface area contributed by atoms with Crippen LogP contribution in [0.5, 0.6) is 17.2 Å². The summed E-state index contributed by atoms with van der Waals surface area (Å²) in [5.74, 6) is 0.804. The van der Waals surface area contributed by atoms with Crippen molar-refractivity contribution in [2.75, 3.05) is 13.7 Å². The number of methoxy groups -OCH3 is 1. The van der Waals surface area contributed by atoms with E-state index in [1.54, 1.807) is 49.6 Å². The number of phenolic OH excluding ortho intramolecular Hbond substituents is 1. The van der Waals surface area contributed by atoms with E-state index in [9.17, 15) is 9.90 Å². The summed E-state index contributed by atoms with van der Waals surface area (Å²) >= 11 is 4.59. The summed E-state index contributed by atoms with van der Waals surface area (Å²) in [6, 6.07) is 10.6. The highest BCUT2D eigenvalue weighted by molar-refractivity contribution is 9.10. The average Bonchev–Trinajstić information content (AvgIpc) is 2.99. The van der Waals surface area contributed by atoms with Gasteiger partial charge in [0.2, 0.25) is 0 Å². The number of amides is 1. The Hall–Kier alpha value is -2.45. The number of nitrogens with one attached hydrogen (secondary N) is 1. The lowest BCUT2D eigenvalue weighted by Crippen LogP contribution is -2.19.